The van der Waals surface area contributed by atoms with Crippen LogP contribution in [0.3, 0.4) is 0 Å². The minimum Gasteiger partial charge on any atom is -0.488 e. The van der Waals surface area contributed by atoms with E-state index in [2.05, 4.69) is 5.32 Å². The molecule has 1 aliphatic heterocycles. The minimum absolute atomic E-state index is 0.0307. The second-order valence-corrected chi connectivity index (χ2v) is 11.3. The van der Waals surface area contributed by atoms with Crippen molar-refractivity contribution < 1.29 is 32.6 Å². The van der Waals surface area contributed by atoms with Gasteiger partial charge in [-0.15, -0.1) is 0 Å². The summed E-state index contributed by atoms with van der Waals surface area (Å²) in [7, 11) is 1.87. The van der Waals surface area contributed by atoms with E-state index in [1.165, 1.54) is 12.1 Å². The van der Waals surface area contributed by atoms with Crippen LogP contribution in [0.4, 0.5) is 18.9 Å². The van der Waals surface area contributed by atoms with Crippen LogP contribution in [-0.2, 0) is 35.2 Å². The summed E-state index contributed by atoms with van der Waals surface area (Å²) in [6, 6.07) is 19.3. The molecule has 1 aliphatic rings. The minimum atomic E-state index is -4.39. The predicted molar refractivity (Wildman–Crippen MR) is 159 cm³/mol. The number of nitrogens with one attached hydrogen (secondary N) is 1. The van der Waals surface area contributed by atoms with Crippen molar-refractivity contribution >= 4 is 17.5 Å². The fourth-order valence-corrected chi connectivity index (χ4v) is 5.19. The Hall–Kier alpha value is -3.89. The van der Waals surface area contributed by atoms with Gasteiger partial charge in [-0.1, -0.05) is 49.4 Å². The number of benzene rings is 3. The molecule has 0 bridgehead atoms. The zero-order valence-corrected chi connectivity index (χ0v) is 24.6. The Kier molecular flexibility index (Phi) is 10.5. The van der Waals surface area contributed by atoms with E-state index in [0.717, 1.165) is 23.3 Å². The number of amides is 2. The molecule has 43 heavy (non-hydrogen) atoms. The van der Waals surface area contributed by atoms with E-state index >= 15 is 0 Å². The molecule has 10 heteroatoms. The average Bonchev–Trinajstić information content (AvgIpc) is 3.00. The lowest BCUT2D eigenvalue weighted by Crippen LogP contribution is -2.47. The van der Waals surface area contributed by atoms with Crippen molar-refractivity contribution in [3.63, 3.8) is 0 Å². The number of likely N-dealkylation sites (N-methyl/N-ethyl adjacent to an activating group) is 1. The highest BCUT2D eigenvalue weighted by Crippen LogP contribution is 2.31. The maximum atomic E-state index is 13.5. The zero-order chi connectivity index (χ0) is 31.1. The number of aliphatic hydroxyl groups excluding tert-OH is 1. The molecule has 3 atom stereocenters. The second kappa shape index (κ2) is 14.1. The van der Waals surface area contributed by atoms with E-state index in [1.54, 1.807) is 30.0 Å². The van der Waals surface area contributed by atoms with Crippen molar-refractivity contribution in [2.24, 2.45) is 5.92 Å². The first-order valence-electron chi connectivity index (χ1n) is 14.3. The Balaban J connectivity index is 1.54. The molecule has 0 saturated heterocycles. The van der Waals surface area contributed by atoms with Crippen molar-refractivity contribution in [1.82, 2.24) is 9.80 Å². The van der Waals surface area contributed by atoms with Crippen LogP contribution in [0.15, 0.2) is 72.8 Å². The third-order valence-corrected chi connectivity index (χ3v) is 7.63. The summed E-state index contributed by atoms with van der Waals surface area (Å²) in [6.45, 7) is 4.76. The third-order valence-electron chi connectivity index (χ3n) is 7.63. The topological polar surface area (TPSA) is 82.1 Å². The number of nitrogens with zero attached hydrogens (tertiary/aromatic N) is 2. The van der Waals surface area contributed by atoms with Gasteiger partial charge in [-0.3, -0.25) is 14.5 Å². The van der Waals surface area contributed by atoms with Gasteiger partial charge in [-0.05, 0) is 55.4 Å². The summed E-state index contributed by atoms with van der Waals surface area (Å²) in [4.78, 5) is 29.8. The van der Waals surface area contributed by atoms with Gasteiger partial charge in [0, 0.05) is 36.8 Å². The molecule has 0 saturated carbocycles. The Morgan fingerprint density at radius 1 is 1.09 bits per heavy atom. The number of anilines is 1. The Labute approximate surface area is 250 Å². The van der Waals surface area contributed by atoms with Gasteiger partial charge < -0.3 is 20.1 Å². The molecule has 2 N–H and O–H groups in total. The van der Waals surface area contributed by atoms with Crippen molar-refractivity contribution in [3.8, 4) is 5.75 Å². The molecule has 0 spiro atoms. The first kappa shape index (κ1) is 32.0. The molecule has 3 aromatic carbocycles. The van der Waals surface area contributed by atoms with Gasteiger partial charge in [0.25, 0.3) is 0 Å². The number of alkyl halides is 3. The van der Waals surface area contributed by atoms with Gasteiger partial charge in [0.2, 0.25) is 11.8 Å². The fourth-order valence-electron chi connectivity index (χ4n) is 5.19. The quantitative estimate of drug-likeness (QED) is 0.356. The number of rotatable bonds is 9. The van der Waals surface area contributed by atoms with Crippen molar-refractivity contribution in [3.05, 3.63) is 95.1 Å². The first-order chi connectivity index (χ1) is 20.4. The number of carbonyl (C=O) groups is 2. The van der Waals surface area contributed by atoms with E-state index < -0.39 is 17.8 Å². The average molecular weight is 598 g/mol. The standard InChI is InChI=1S/C33H38F3N3O4/c1-22-18-39(23(2)21-40)32(42)17-26-16-28(37-31(41)15-24-7-5-4-6-8-24)13-14-29(26)43-30(22)20-38(3)19-25-9-11-27(12-10-25)33(34,35)36/h4-14,16,22-23,30,40H,15,17-21H2,1-3H3,(H,37,41)/t22-,23-,30+/m1/s1. The van der Waals surface area contributed by atoms with Crippen LogP contribution in [0.1, 0.15) is 36.1 Å². The fraction of sp³-hybridized carbons (Fsp3) is 0.394. The lowest BCUT2D eigenvalue weighted by atomic mass is 10.0. The molecular weight excluding hydrogens is 559 g/mol. The van der Waals surface area contributed by atoms with Crippen molar-refractivity contribution in [2.45, 2.75) is 51.6 Å². The summed E-state index contributed by atoms with van der Waals surface area (Å²) in [5, 5.41) is 12.8. The zero-order valence-electron chi connectivity index (χ0n) is 24.6. The largest absolute Gasteiger partial charge is 0.488 e. The summed E-state index contributed by atoms with van der Waals surface area (Å²) in [6.07, 6.45) is -4.53. The maximum absolute atomic E-state index is 13.5. The molecule has 230 valence electrons. The lowest BCUT2D eigenvalue weighted by molar-refractivity contribution is -0.137. The van der Waals surface area contributed by atoms with Crippen LogP contribution >= 0.6 is 0 Å². The van der Waals surface area contributed by atoms with Gasteiger partial charge in [-0.2, -0.15) is 13.2 Å². The summed E-state index contributed by atoms with van der Waals surface area (Å²) >= 11 is 0. The number of carbonyl (C=O) groups excluding carboxylic acids is 2. The summed E-state index contributed by atoms with van der Waals surface area (Å²) in [5.74, 6) is 0.0371. The number of ether oxygens (including phenoxy) is 1. The lowest BCUT2D eigenvalue weighted by Gasteiger charge is -2.34. The molecule has 2 amide bonds. The Morgan fingerprint density at radius 2 is 1.79 bits per heavy atom. The van der Waals surface area contributed by atoms with Crippen molar-refractivity contribution in [2.75, 3.05) is 32.1 Å². The van der Waals surface area contributed by atoms with Gasteiger partial charge >= 0.3 is 6.18 Å². The van der Waals surface area contributed by atoms with Gasteiger partial charge in [-0.25, -0.2) is 0 Å². The highest BCUT2D eigenvalue weighted by Gasteiger charge is 2.32. The van der Waals surface area contributed by atoms with E-state index in [1.807, 2.05) is 49.2 Å². The maximum Gasteiger partial charge on any atom is 0.416 e. The predicted octanol–water partition coefficient (Wildman–Crippen LogP) is 5.17. The van der Waals surface area contributed by atoms with Crippen LogP contribution in [-0.4, -0.2) is 65.6 Å². The number of hydrogen-bond donors (Lipinski definition) is 2. The first-order valence-corrected chi connectivity index (χ1v) is 14.3. The van der Waals surface area contributed by atoms with E-state index in [4.69, 9.17) is 4.74 Å². The Morgan fingerprint density at radius 3 is 2.44 bits per heavy atom. The molecule has 7 nitrogen and oxygen atoms in total. The second-order valence-electron chi connectivity index (χ2n) is 11.3. The highest BCUT2D eigenvalue weighted by atomic mass is 19.4. The summed E-state index contributed by atoms with van der Waals surface area (Å²) in [5.41, 5.74) is 2.07. The normalized spacial score (nSPS) is 18.2. The summed E-state index contributed by atoms with van der Waals surface area (Å²) < 4.78 is 45.5. The highest BCUT2D eigenvalue weighted by molar-refractivity contribution is 5.92. The SMILES string of the molecule is C[C@@H]1CN([C@H](C)CO)C(=O)Cc2cc(NC(=O)Cc3ccccc3)ccc2O[C@H]1CN(C)Cc1ccc(C(F)(F)F)cc1. The van der Waals surface area contributed by atoms with Gasteiger partial charge in [0.1, 0.15) is 11.9 Å². The van der Waals surface area contributed by atoms with Crippen LogP contribution in [0.25, 0.3) is 0 Å². The number of hydrogen-bond acceptors (Lipinski definition) is 5. The molecular formula is C33H38F3N3O4. The van der Waals surface area contributed by atoms with E-state index in [0.29, 0.717) is 36.6 Å². The molecule has 0 radical (unpaired) electrons. The van der Waals surface area contributed by atoms with Crippen LogP contribution in [0, 0.1) is 5.92 Å². The molecule has 4 rings (SSSR count). The van der Waals surface area contributed by atoms with Crippen molar-refractivity contribution in [1.29, 1.82) is 0 Å². The molecule has 0 unspecified atom stereocenters. The number of halogens is 3. The molecule has 0 fully saturated rings. The molecule has 0 aromatic heterocycles. The van der Waals surface area contributed by atoms with Crippen LogP contribution in [0.5, 0.6) is 5.75 Å². The monoisotopic (exact) mass is 597 g/mol. The van der Waals surface area contributed by atoms with Crippen LogP contribution < -0.4 is 10.1 Å². The van der Waals surface area contributed by atoms with Gasteiger partial charge in [0.05, 0.1) is 31.1 Å². The smallest absolute Gasteiger partial charge is 0.416 e. The molecule has 1 heterocycles. The van der Waals surface area contributed by atoms with Crippen LogP contribution in [0.2, 0.25) is 0 Å². The molecule has 0 aliphatic carbocycles. The third kappa shape index (κ3) is 8.81. The van der Waals surface area contributed by atoms with Gasteiger partial charge in [0.15, 0.2) is 0 Å². The number of fused-ring (bicyclic) bond motifs is 1. The Bertz CT molecular complexity index is 1380. The molecule has 3 aromatic rings. The van der Waals surface area contributed by atoms with E-state index in [9.17, 15) is 27.9 Å². The number of aliphatic hydroxyl groups is 1. The van der Waals surface area contributed by atoms with E-state index in [-0.39, 0.29) is 43.3 Å².